The second-order valence-corrected chi connectivity index (χ2v) is 4.01. The Bertz CT molecular complexity index is 136. The minimum absolute atomic E-state index is 0.776. The maximum Gasteiger partial charge on any atom is 0.0119 e. The second-order valence-electron chi connectivity index (χ2n) is 4.01. The van der Waals surface area contributed by atoms with E-state index >= 15 is 0 Å². The standard InChI is InChI=1S/C11H24N2/c1-4-10-9-13(6-3)8-7-11(10)12-5-2/h10-12H,4-9H2,1-3H3. The fourth-order valence-electron chi connectivity index (χ4n) is 2.34. The summed E-state index contributed by atoms with van der Waals surface area (Å²) in [6, 6.07) is 0.776. The molecule has 2 nitrogen and oxygen atoms in total. The van der Waals surface area contributed by atoms with E-state index in [-0.39, 0.29) is 0 Å². The third kappa shape index (κ3) is 2.96. The quantitative estimate of drug-likeness (QED) is 0.715. The van der Waals surface area contributed by atoms with Crippen molar-refractivity contribution in [3.05, 3.63) is 0 Å². The van der Waals surface area contributed by atoms with Gasteiger partial charge < -0.3 is 10.2 Å². The monoisotopic (exact) mass is 184 g/mol. The van der Waals surface area contributed by atoms with Crippen molar-refractivity contribution in [1.82, 2.24) is 10.2 Å². The van der Waals surface area contributed by atoms with Crippen LogP contribution in [-0.4, -0.2) is 37.1 Å². The maximum atomic E-state index is 3.60. The molecule has 0 saturated carbocycles. The van der Waals surface area contributed by atoms with E-state index in [1.165, 1.54) is 32.5 Å². The fraction of sp³-hybridized carbons (Fsp3) is 1.00. The molecule has 78 valence electrons. The van der Waals surface area contributed by atoms with Gasteiger partial charge in [0.25, 0.3) is 0 Å². The summed E-state index contributed by atoms with van der Waals surface area (Å²) >= 11 is 0. The van der Waals surface area contributed by atoms with Crippen LogP contribution in [0, 0.1) is 5.92 Å². The summed E-state index contributed by atoms with van der Waals surface area (Å²) in [6.07, 6.45) is 2.65. The highest BCUT2D eigenvalue weighted by atomic mass is 15.1. The summed E-state index contributed by atoms with van der Waals surface area (Å²) in [7, 11) is 0. The van der Waals surface area contributed by atoms with Crippen LogP contribution in [0.4, 0.5) is 0 Å². The topological polar surface area (TPSA) is 15.3 Å². The third-order valence-electron chi connectivity index (χ3n) is 3.26. The molecule has 2 atom stereocenters. The van der Waals surface area contributed by atoms with Gasteiger partial charge in [-0.1, -0.05) is 27.2 Å². The zero-order valence-corrected chi connectivity index (χ0v) is 9.34. The first-order chi connectivity index (χ1) is 6.31. The number of piperidine rings is 1. The van der Waals surface area contributed by atoms with E-state index in [1.807, 2.05) is 0 Å². The van der Waals surface area contributed by atoms with Crippen LogP contribution in [0.25, 0.3) is 0 Å². The van der Waals surface area contributed by atoms with Crippen LogP contribution >= 0.6 is 0 Å². The number of hydrogen-bond donors (Lipinski definition) is 1. The molecule has 0 bridgehead atoms. The maximum absolute atomic E-state index is 3.60. The normalized spacial score (nSPS) is 30.7. The van der Waals surface area contributed by atoms with Gasteiger partial charge in [0.15, 0.2) is 0 Å². The minimum Gasteiger partial charge on any atom is -0.314 e. The Morgan fingerprint density at radius 2 is 2.08 bits per heavy atom. The predicted octanol–water partition coefficient (Wildman–Crippen LogP) is 1.72. The molecule has 2 heteroatoms. The molecule has 1 aliphatic heterocycles. The molecular weight excluding hydrogens is 160 g/mol. The Balaban J connectivity index is 2.40. The zero-order chi connectivity index (χ0) is 9.68. The Labute approximate surface area is 82.7 Å². The second kappa shape index (κ2) is 5.61. The molecular formula is C11H24N2. The van der Waals surface area contributed by atoms with Crippen LogP contribution in [0.15, 0.2) is 0 Å². The van der Waals surface area contributed by atoms with E-state index in [0.717, 1.165) is 18.5 Å². The fourth-order valence-corrected chi connectivity index (χ4v) is 2.34. The van der Waals surface area contributed by atoms with Gasteiger partial charge in [-0.3, -0.25) is 0 Å². The molecule has 1 aliphatic rings. The smallest absolute Gasteiger partial charge is 0.0119 e. The number of rotatable bonds is 4. The minimum atomic E-state index is 0.776. The summed E-state index contributed by atoms with van der Waals surface area (Å²) in [5.41, 5.74) is 0. The Morgan fingerprint density at radius 1 is 1.31 bits per heavy atom. The van der Waals surface area contributed by atoms with Crippen molar-refractivity contribution in [3.8, 4) is 0 Å². The van der Waals surface area contributed by atoms with Gasteiger partial charge in [0, 0.05) is 12.6 Å². The lowest BCUT2D eigenvalue weighted by Gasteiger charge is -2.38. The molecule has 13 heavy (non-hydrogen) atoms. The van der Waals surface area contributed by atoms with E-state index in [2.05, 4.69) is 31.0 Å². The van der Waals surface area contributed by atoms with E-state index in [9.17, 15) is 0 Å². The summed E-state index contributed by atoms with van der Waals surface area (Å²) in [5.74, 6) is 0.869. The highest BCUT2D eigenvalue weighted by Gasteiger charge is 2.26. The van der Waals surface area contributed by atoms with Crippen molar-refractivity contribution in [3.63, 3.8) is 0 Å². The molecule has 0 amide bonds. The summed E-state index contributed by atoms with van der Waals surface area (Å²) < 4.78 is 0. The van der Waals surface area contributed by atoms with Gasteiger partial charge in [0.2, 0.25) is 0 Å². The molecule has 0 radical (unpaired) electrons. The number of nitrogens with one attached hydrogen (secondary N) is 1. The van der Waals surface area contributed by atoms with Gasteiger partial charge in [-0.05, 0) is 32.0 Å². The van der Waals surface area contributed by atoms with Crippen molar-refractivity contribution < 1.29 is 0 Å². The predicted molar refractivity (Wildman–Crippen MR) is 58.0 cm³/mol. The van der Waals surface area contributed by atoms with Crippen molar-refractivity contribution in [2.45, 2.75) is 39.7 Å². The number of nitrogens with zero attached hydrogens (tertiary/aromatic N) is 1. The Hall–Kier alpha value is -0.0800. The van der Waals surface area contributed by atoms with E-state index in [1.54, 1.807) is 0 Å². The first kappa shape index (κ1) is 11.0. The van der Waals surface area contributed by atoms with Crippen LogP contribution < -0.4 is 5.32 Å². The van der Waals surface area contributed by atoms with Crippen LogP contribution in [-0.2, 0) is 0 Å². The molecule has 1 heterocycles. The van der Waals surface area contributed by atoms with Gasteiger partial charge in [0.05, 0.1) is 0 Å². The summed E-state index contributed by atoms with van der Waals surface area (Å²) in [4.78, 5) is 2.57. The third-order valence-corrected chi connectivity index (χ3v) is 3.26. The lowest BCUT2D eigenvalue weighted by molar-refractivity contribution is 0.141. The largest absolute Gasteiger partial charge is 0.314 e. The molecule has 0 aromatic carbocycles. The van der Waals surface area contributed by atoms with Crippen LogP contribution in [0.5, 0.6) is 0 Å². The van der Waals surface area contributed by atoms with Gasteiger partial charge in [-0.25, -0.2) is 0 Å². The van der Waals surface area contributed by atoms with E-state index in [4.69, 9.17) is 0 Å². The van der Waals surface area contributed by atoms with E-state index in [0.29, 0.717) is 0 Å². The van der Waals surface area contributed by atoms with Crippen LogP contribution in [0.1, 0.15) is 33.6 Å². The van der Waals surface area contributed by atoms with Crippen molar-refractivity contribution >= 4 is 0 Å². The highest BCUT2D eigenvalue weighted by Crippen LogP contribution is 2.19. The molecule has 1 fully saturated rings. The van der Waals surface area contributed by atoms with Crippen molar-refractivity contribution in [1.29, 1.82) is 0 Å². The highest BCUT2D eigenvalue weighted by molar-refractivity contribution is 4.83. The summed E-state index contributed by atoms with van der Waals surface area (Å²) in [6.45, 7) is 11.7. The molecule has 0 aliphatic carbocycles. The zero-order valence-electron chi connectivity index (χ0n) is 9.34. The Morgan fingerprint density at radius 3 is 2.62 bits per heavy atom. The SMILES string of the molecule is CCNC1CCN(CC)CC1CC. The van der Waals surface area contributed by atoms with Gasteiger partial charge in [-0.15, -0.1) is 0 Å². The van der Waals surface area contributed by atoms with Gasteiger partial charge in [-0.2, -0.15) is 0 Å². The lowest BCUT2D eigenvalue weighted by Crippen LogP contribution is -2.48. The van der Waals surface area contributed by atoms with Gasteiger partial charge in [0.1, 0.15) is 0 Å². The van der Waals surface area contributed by atoms with Crippen molar-refractivity contribution in [2.75, 3.05) is 26.2 Å². The lowest BCUT2D eigenvalue weighted by atomic mass is 9.90. The average molecular weight is 184 g/mol. The van der Waals surface area contributed by atoms with Crippen LogP contribution in [0.3, 0.4) is 0 Å². The molecule has 2 unspecified atom stereocenters. The first-order valence-electron chi connectivity index (χ1n) is 5.77. The average Bonchev–Trinajstić information content (AvgIpc) is 2.19. The number of likely N-dealkylation sites (tertiary alicyclic amines) is 1. The van der Waals surface area contributed by atoms with Crippen LogP contribution in [0.2, 0.25) is 0 Å². The summed E-state index contributed by atoms with van der Waals surface area (Å²) in [5, 5.41) is 3.60. The van der Waals surface area contributed by atoms with E-state index < -0.39 is 0 Å². The molecule has 1 rings (SSSR count). The first-order valence-corrected chi connectivity index (χ1v) is 5.77. The molecule has 0 spiro atoms. The molecule has 1 N–H and O–H groups in total. The molecule has 0 aromatic heterocycles. The van der Waals surface area contributed by atoms with Crippen molar-refractivity contribution in [2.24, 2.45) is 5.92 Å². The number of hydrogen-bond acceptors (Lipinski definition) is 2. The molecule has 0 aromatic rings. The van der Waals surface area contributed by atoms with Gasteiger partial charge >= 0.3 is 0 Å². The Kier molecular flexibility index (Phi) is 4.74. The molecule has 1 saturated heterocycles.